The number of quaternary nitrogens is 1. The zero-order chi connectivity index (χ0) is 19.3. The average Bonchev–Trinajstić information content (AvgIpc) is 3.30. The second kappa shape index (κ2) is 8.33. The molecular formula is C21H22N5OS+. The standard InChI is InChI=1S/C21H21N5OS/c1-24(14-18-13-22-25(15-18)19-10-6-3-7-11-19)16-26-21(28)27-20(23-26)12-17-8-4-2-5-9-17/h2-11,13,15H,12,14,16H2,1H3/p+1. The maximum Gasteiger partial charge on any atom is 0.291 e. The van der Waals surface area contributed by atoms with Crippen LogP contribution in [0.15, 0.2) is 77.5 Å². The summed E-state index contributed by atoms with van der Waals surface area (Å²) >= 11 is 5.34. The molecule has 2 heterocycles. The summed E-state index contributed by atoms with van der Waals surface area (Å²) in [5.41, 5.74) is 3.36. The third-order valence-corrected chi connectivity index (χ3v) is 4.72. The van der Waals surface area contributed by atoms with Gasteiger partial charge in [0.05, 0.1) is 25.4 Å². The topological polar surface area (TPSA) is 53.2 Å². The molecule has 0 fully saturated rings. The molecule has 0 aliphatic heterocycles. The molecule has 6 nitrogen and oxygen atoms in total. The molecule has 142 valence electrons. The van der Waals surface area contributed by atoms with Gasteiger partial charge in [-0.3, -0.25) is 0 Å². The van der Waals surface area contributed by atoms with E-state index in [0.29, 0.717) is 23.8 Å². The molecule has 0 amide bonds. The van der Waals surface area contributed by atoms with Crippen LogP contribution in [0, 0.1) is 4.84 Å². The zero-order valence-electron chi connectivity index (χ0n) is 15.7. The summed E-state index contributed by atoms with van der Waals surface area (Å²) in [6.45, 7) is 1.45. The molecule has 1 unspecified atom stereocenters. The first-order valence-electron chi connectivity index (χ1n) is 9.18. The van der Waals surface area contributed by atoms with Crippen LogP contribution < -0.4 is 4.90 Å². The van der Waals surface area contributed by atoms with E-state index in [1.165, 1.54) is 4.90 Å². The first-order chi connectivity index (χ1) is 13.7. The van der Waals surface area contributed by atoms with Crippen LogP contribution in [0.2, 0.25) is 0 Å². The van der Waals surface area contributed by atoms with E-state index in [9.17, 15) is 0 Å². The Morgan fingerprint density at radius 2 is 1.71 bits per heavy atom. The lowest BCUT2D eigenvalue weighted by Crippen LogP contribution is -3.06. The molecule has 4 rings (SSSR count). The van der Waals surface area contributed by atoms with E-state index in [1.54, 1.807) is 4.68 Å². The van der Waals surface area contributed by atoms with Crippen molar-refractivity contribution in [1.82, 2.24) is 19.6 Å². The van der Waals surface area contributed by atoms with Crippen LogP contribution in [0.25, 0.3) is 5.69 Å². The van der Waals surface area contributed by atoms with Gasteiger partial charge < -0.3 is 9.32 Å². The van der Waals surface area contributed by atoms with Gasteiger partial charge in [0, 0.05) is 11.8 Å². The first-order valence-corrected chi connectivity index (χ1v) is 9.59. The molecule has 0 bridgehead atoms. The van der Waals surface area contributed by atoms with E-state index in [2.05, 4.69) is 35.6 Å². The van der Waals surface area contributed by atoms with Crippen LogP contribution in [0.4, 0.5) is 0 Å². The lowest BCUT2D eigenvalue weighted by Gasteiger charge is -2.11. The Balaban J connectivity index is 1.40. The number of aromatic nitrogens is 4. The summed E-state index contributed by atoms with van der Waals surface area (Å²) in [5.74, 6) is 0.640. The lowest BCUT2D eigenvalue weighted by atomic mass is 10.2. The fourth-order valence-corrected chi connectivity index (χ4v) is 3.33. The summed E-state index contributed by atoms with van der Waals surface area (Å²) in [6, 6.07) is 20.2. The van der Waals surface area contributed by atoms with E-state index in [1.807, 2.05) is 59.4 Å². The maximum atomic E-state index is 5.67. The van der Waals surface area contributed by atoms with Crippen LogP contribution in [0.1, 0.15) is 17.0 Å². The molecule has 4 aromatic rings. The largest absolute Gasteiger partial charge is 0.413 e. The van der Waals surface area contributed by atoms with Crippen LogP contribution in [0.3, 0.4) is 0 Å². The smallest absolute Gasteiger partial charge is 0.291 e. The van der Waals surface area contributed by atoms with Crippen molar-refractivity contribution in [2.24, 2.45) is 0 Å². The van der Waals surface area contributed by atoms with Gasteiger partial charge in [0.15, 0.2) is 6.67 Å². The van der Waals surface area contributed by atoms with E-state index >= 15 is 0 Å². The van der Waals surface area contributed by atoms with Crippen molar-refractivity contribution in [2.45, 2.75) is 19.6 Å². The van der Waals surface area contributed by atoms with Crippen molar-refractivity contribution >= 4 is 12.2 Å². The quantitative estimate of drug-likeness (QED) is 0.491. The Morgan fingerprint density at radius 1 is 1.00 bits per heavy atom. The molecule has 2 aromatic carbocycles. The SMILES string of the molecule is C[NH+](Cc1cnn(-c2ccccc2)c1)Cn1nc(Cc2ccccc2)oc1=S. The minimum Gasteiger partial charge on any atom is -0.413 e. The highest BCUT2D eigenvalue weighted by Crippen LogP contribution is 2.08. The van der Waals surface area contributed by atoms with Gasteiger partial charge in [-0.25, -0.2) is 4.68 Å². The average molecular weight is 393 g/mol. The highest BCUT2D eigenvalue weighted by Gasteiger charge is 2.12. The predicted octanol–water partition coefficient (Wildman–Crippen LogP) is 2.65. The Kier molecular flexibility index (Phi) is 5.45. The normalized spacial score (nSPS) is 12.2. The molecule has 0 radical (unpaired) electrons. The number of hydrogen-bond donors (Lipinski definition) is 1. The maximum absolute atomic E-state index is 5.67. The van der Waals surface area contributed by atoms with Crippen LogP contribution in [-0.2, 0) is 19.6 Å². The van der Waals surface area contributed by atoms with Gasteiger partial charge in [-0.2, -0.15) is 9.78 Å². The number of para-hydroxylation sites is 1. The van der Waals surface area contributed by atoms with Gasteiger partial charge in [0.1, 0.15) is 6.54 Å². The Morgan fingerprint density at radius 3 is 2.46 bits per heavy atom. The fraction of sp³-hybridized carbons (Fsp3) is 0.190. The Hall–Kier alpha value is -3.03. The van der Waals surface area contributed by atoms with Crippen molar-refractivity contribution < 1.29 is 9.32 Å². The predicted molar refractivity (Wildman–Crippen MR) is 109 cm³/mol. The molecule has 0 aliphatic carbocycles. The van der Waals surface area contributed by atoms with E-state index in [-0.39, 0.29) is 0 Å². The van der Waals surface area contributed by atoms with E-state index < -0.39 is 0 Å². The molecule has 1 atom stereocenters. The molecule has 28 heavy (non-hydrogen) atoms. The third-order valence-electron chi connectivity index (χ3n) is 4.43. The summed E-state index contributed by atoms with van der Waals surface area (Å²) in [6.07, 6.45) is 4.60. The summed E-state index contributed by atoms with van der Waals surface area (Å²) in [7, 11) is 2.10. The molecule has 0 saturated heterocycles. The summed E-state index contributed by atoms with van der Waals surface area (Å²) < 4.78 is 9.31. The zero-order valence-corrected chi connectivity index (χ0v) is 16.5. The highest BCUT2D eigenvalue weighted by atomic mass is 32.1. The molecule has 0 spiro atoms. The highest BCUT2D eigenvalue weighted by molar-refractivity contribution is 7.71. The molecule has 1 N–H and O–H groups in total. The fourth-order valence-electron chi connectivity index (χ4n) is 3.12. The first kappa shape index (κ1) is 18.3. The van der Waals surface area contributed by atoms with Gasteiger partial charge in [0.2, 0.25) is 5.89 Å². The minimum absolute atomic E-state index is 0.408. The summed E-state index contributed by atoms with van der Waals surface area (Å²) in [4.78, 5) is 1.65. The second-order valence-electron chi connectivity index (χ2n) is 6.84. The number of rotatable bonds is 7. The van der Waals surface area contributed by atoms with Crippen molar-refractivity contribution in [2.75, 3.05) is 7.05 Å². The van der Waals surface area contributed by atoms with Gasteiger partial charge in [-0.15, -0.1) is 5.10 Å². The monoisotopic (exact) mass is 392 g/mol. The number of nitrogens with one attached hydrogen (secondary N) is 1. The van der Waals surface area contributed by atoms with Gasteiger partial charge in [-0.05, 0) is 29.9 Å². The number of hydrogen-bond acceptors (Lipinski definition) is 4. The van der Waals surface area contributed by atoms with Crippen LogP contribution >= 0.6 is 12.2 Å². The molecule has 0 saturated carbocycles. The Labute approximate surface area is 168 Å². The minimum atomic E-state index is 0.408. The third kappa shape index (κ3) is 4.44. The summed E-state index contributed by atoms with van der Waals surface area (Å²) in [5, 5.41) is 9.00. The van der Waals surface area contributed by atoms with E-state index in [4.69, 9.17) is 16.6 Å². The van der Waals surface area contributed by atoms with Gasteiger partial charge >= 0.3 is 0 Å². The van der Waals surface area contributed by atoms with Crippen LogP contribution in [-0.4, -0.2) is 26.6 Å². The van der Waals surface area contributed by atoms with Crippen molar-refractivity contribution in [1.29, 1.82) is 0 Å². The number of nitrogens with zero attached hydrogens (tertiary/aromatic N) is 4. The van der Waals surface area contributed by atoms with Gasteiger partial charge in [0.25, 0.3) is 4.84 Å². The molecule has 0 aliphatic rings. The molecule has 7 heteroatoms. The van der Waals surface area contributed by atoms with Crippen LogP contribution in [0.5, 0.6) is 0 Å². The number of benzene rings is 2. The Bertz CT molecular complexity index is 1080. The van der Waals surface area contributed by atoms with E-state index in [0.717, 1.165) is 23.4 Å². The molecular weight excluding hydrogens is 370 g/mol. The van der Waals surface area contributed by atoms with Crippen molar-refractivity contribution in [3.63, 3.8) is 0 Å². The van der Waals surface area contributed by atoms with Gasteiger partial charge in [-0.1, -0.05) is 48.5 Å². The van der Waals surface area contributed by atoms with Crippen molar-refractivity contribution in [3.8, 4) is 5.69 Å². The van der Waals surface area contributed by atoms with Crippen molar-refractivity contribution in [3.05, 3.63) is 94.9 Å². The lowest BCUT2D eigenvalue weighted by molar-refractivity contribution is -0.917. The molecule has 2 aromatic heterocycles. The second-order valence-corrected chi connectivity index (χ2v) is 7.19.